The Hall–Kier alpha value is -1.19. The van der Waals surface area contributed by atoms with Crippen LogP contribution in [-0.4, -0.2) is 46.4 Å². The highest BCUT2D eigenvalue weighted by atomic mass is 79.9. The molecular formula is C15H20BrN3OP+. The minimum absolute atomic E-state index is 0.169. The van der Waals surface area contributed by atoms with Crippen LogP contribution in [0.25, 0.3) is 11.0 Å². The summed E-state index contributed by atoms with van der Waals surface area (Å²) in [7, 11) is -0.460. The standard InChI is InChI=1S/C15H20BrN3OP/c1-4-7-19(15(20)10-21(2)3)9-14-17-12-6-5-11(16)8-13(12)18-14/h5-6,8H,2,4,7,9-10H2,1,3H3,(H,17,18)/q+1. The summed E-state index contributed by atoms with van der Waals surface area (Å²) >= 11 is 3.45. The summed E-state index contributed by atoms with van der Waals surface area (Å²) in [5, 5.41) is 0. The molecule has 0 saturated heterocycles. The molecular weight excluding hydrogens is 349 g/mol. The Bertz CT molecular complexity index is 668. The normalized spacial score (nSPS) is 11.7. The van der Waals surface area contributed by atoms with Crippen LogP contribution in [-0.2, 0) is 11.3 Å². The first-order chi connectivity index (χ1) is 9.99. The fourth-order valence-corrected chi connectivity index (χ4v) is 3.21. The minimum Gasteiger partial charge on any atom is -0.340 e. The maximum absolute atomic E-state index is 12.3. The van der Waals surface area contributed by atoms with Gasteiger partial charge in [0.05, 0.1) is 38.1 Å². The van der Waals surface area contributed by atoms with E-state index < -0.39 is 7.55 Å². The molecule has 1 aromatic carbocycles. The van der Waals surface area contributed by atoms with Crippen LogP contribution in [0.1, 0.15) is 19.2 Å². The Morgan fingerprint density at radius 3 is 2.95 bits per heavy atom. The molecule has 1 atom stereocenters. The van der Waals surface area contributed by atoms with Gasteiger partial charge in [-0.05, 0) is 24.6 Å². The number of hydrogen-bond donors (Lipinski definition) is 1. The van der Waals surface area contributed by atoms with Gasteiger partial charge in [-0.15, -0.1) is 0 Å². The van der Waals surface area contributed by atoms with Crippen molar-refractivity contribution in [3.8, 4) is 0 Å². The Morgan fingerprint density at radius 2 is 2.29 bits per heavy atom. The molecule has 21 heavy (non-hydrogen) atoms. The van der Waals surface area contributed by atoms with E-state index in [-0.39, 0.29) is 5.91 Å². The number of aromatic nitrogens is 2. The van der Waals surface area contributed by atoms with Gasteiger partial charge >= 0.3 is 0 Å². The summed E-state index contributed by atoms with van der Waals surface area (Å²) in [5.74, 6) is 0.997. The van der Waals surface area contributed by atoms with Gasteiger partial charge in [-0.1, -0.05) is 22.9 Å². The number of carbonyl (C=O) groups is 1. The molecule has 4 nitrogen and oxygen atoms in total. The van der Waals surface area contributed by atoms with Gasteiger partial charge in [0.1, 0.15) is 5.82 Å². The van der Waals surface area contributed by atoms with Crippen LogP contribution in [0, 0.1) is 0 Å². The predicted octanol–water partition coefficient (Wildman–Crippen LogP) is 3.61. The second-order valence-electron chi connectivity index (χ2n) is 5.17. The number of aromatic amines is 1. The van der Waals surface area contributed by atoms with Crippen LogP contribution in [0.3, 0.4) is 0 Å². The molecule has 1 amide bonds. The molecule has 0 fully saturated rings. The molecule has 0 radical (unpaired) electrons. The average molecular weight is 369 g/mol. The summed E-state index contributed by atoms with van der Waals surface area (Å²) in [6.07, 6.45) is 5.44. The molecule has 1 unspecified atom stereocenters. The maximum atomic E-state index is 12.3. The van der Waals surface area contributed by atoms with Crippen molar-refractivity contribution in [2.45, 2.75) is 19.9 Å². The number of nitrogens with zero attached hydrogens (tertiary/aromatic N) is 2. The van der Waals surface area contributed by atoms with Crippen molar-refractivity contribution in [2.24, 2.45) is 0 Å². The van der Waals surface area contributed by atoms with Crippen molar-refractivity contribution < 1.29 is 4.79 Å². The zero-order chi connectivity index (χ0) is 15.4. The molecule has 2 rings (SSSR count). The molecule has 0 spiro atoms. The summed E-state index contributed by atoms with van der Waals surface area (Å²) in [6.45, 7) is 5.38. The monoisotopic (exact) mass is 368 g/mol. The Balaban J connectivity index is 2.17. The van der Waals surface area contributed by atoms with Gasteiger partial charge in [0, 0.05) is 11.0 Å². The molecule has 2 aromatic rings. The highest BCUT2D eigenvalue weighted by Gasteiger charge is 2.18. The largest absolute Gasteiger partial charge is 0.340 e. The lowest BCUT2D eigenvalue weighted by Crippen LogP contribution is -2.33. The molecule has 1 N–H and O–H groups in total. The van der Waals surface area contributed by atoms with E-state index in [1.807, 2.05) is 29.8 Å². The molecule has 0 saturated carbocycles. The molecule has 1 heterocycles. The summed E-state index contributed by atoms with van der Waals surface area (Å²) in [5.41, 5.74) is 1.91. The van der Waals surface area contributed by atoms with Crippen LogP contribution in [0.5, 0.6) is 0 Å². The zero-order valence-electron chi connectivity index (χ0n) is 12.4. The second-order valence-corrected chi connectivity index (χ2v) is 8.12. The van der Waals surface area contributed by atoms with E-state index in [4.69, 9.17) is 0 Å². The number of H-pyrrole nitrogens is 1. The third kappa shape index (κ3) is 4.39. The number of benzene rings is 1. The first-order valence-corrected chi connectivity index (χ1v) is 9.88. The SMILES string of the molecule is C=[P+](C)CC(=O)N(CCC)Cc1nc2ccc(Br)cc2[nH]1. The highest BCUT2D eigenvalue weighted by molar-refractivity contribution is 9.10. The Labute approximate surface area is 134 Å². The predicted molar refractivity (Wildman–Crippen MR) is 94.3 cm³/mol. The van der Waals surface area contributed by atoms with Gasteiger partial charge in [-0.2, -0.15) is 0 Å². The van der Waals surface area contributed by atoms with Gasteiger partial charge in [-0.3, -0.25) is 4.79 Å². The van der Waals surface area contributed by atoms with Crippen molar-refractivity contribution in [1.82, 2.24) is 14.9 Å². The number of imidazole rings is 1. The number of nitrogens with one attached hydrogen (secondary N) is 1. The summed E-state index contributed by atoms with van der Waals surface area (Å²) < 4.78 is 1.01. The van der Waals surface area contributed by atoms with Crippen molar-refractivity contribution in [2.75, 3.05) is 19.4 Å². The smallest absolute Gasteiger partial charge is 0.267 e. The zero-order valence-corrected chi connectivity index (χ0v) is 14.9. The summed E-state index contributed by atoms with van der Waals surface area (Å²) in [6, 6.07) is 5.93. The van der Waals surface area contributed by atoms with Crippen LogP contribution in [0.2, 0.25) is 0 Å². The Kier molecular flexibility index (Phi) is 5.54. The maximum Gasteiger partial charge on any atom is 0.267 e. The molecule has 0 aliphatic heterocycles. The topological polar surface area (TPSA) is 49.0 Å². The van der Waals surface area contributed by atoms with Gasteiger partial charge in [-0.25, -0.2) is 4.98 Å². The van der Waals surface area contributed by atoms with Crippen molar-refractivity contribution in [1.29, 1.82) is 0 Å². The quantitative estimate of drug-likeness (QED) is 0.791. The van der Waals surface area contributed by atoms with E-state index in [2.05, 4.69) is 39.1 Å². The summed E-state index contributed by atoms with van der Waals surface area (Å²) in [4.78, 5) is 22.0. The third-order valence-corrected chi connectivity index (χ3v) is 4.39. The first kappa shape index (κ1) is 16.2. The molecule has 6 heteroatoms. The number of halogens is 1. The van der Waals surface area contributed by atoms with Crippen molar-refractivity contribution in [3.63, 3.8) is 0 Å². The number of rotatable bonds is 6. The van der Waals surface area contributed by atoms with E-state index >= 15 is 0 Å². The first-order valence-electron chi connectivity index (χ1n) is 6.93. The number of hydrogen-bond acceptors (Lipinski definition) is 2. The van der Waals surface area contributed by atoms with Crippen molar-refractivity contribution >= 4 is 46.7 Å². The lowest BCUT2D eigenvalue weighted by molar-refractivity contribution is -0.129. The fraction of sp³-hybridized carbons (Fsp3) is 0.400. The second kappa shape index (κ2) is 7.19. The van der Waals surface area contributed by atoms with Crippen LogP contribution < -0.4 is 0 Å². The van der Waals surface area contributed by atoms with E-state index in [1.54, 1.807) is 0 Å². The Morgan fingerprint density at radius 1 is 1.52 bits per heavy atom. The number of carbonyl (C=O) groups excluding carboxylic acids is 1. The minimum atomic E-state index is -0.460. The van der Waals surface area contributed by atoms with Gasteiger partial charge in [0.15, 0.2) is 6.16 Å². The van der Waals surface area contributed by atoms with Gasteiger partial charge in [0.2, 0.25) is 0 Å². The number of fused-ring (bicyclic) bond motifs is 1. The fourth-order valence-electron chi connectivity index (χ4n) is 2.18. The molecule has 0 aliphatic carbocycles. The van der Waals surface area contributed by atoms with Crippen LogP contribution in [0.15, 0.2) is 22.7 Å². The van der Waals surface area contributed by atoms with Gasteiger partial charge < -0.3 is 9.88 Å². The third-order valence-electron chi connectivity index (χ3n) is 3.09. The van der Waals surface area contributed by atoms with E-state index in [0.717, 1.165) is 34.3 Å². The van der Waals surface area contributed by atoms with Crippen LogP contribution in [0.4, 0.5) is 0 Å². The lowest BCUT2D eigenvalue weighted by Gasteiger charge is -2.19. The molecule has 0 bridgehead atoms. The lowest BCUT2D eigenvalue weighted by atomic mass is 10.3. The van der Waals surface area contributed by atoms with E-state index in [9.17, 15) is 4.79 Å². The molecule has 1 aromatic heterocycles. The average Bonchev–Trinajstić information content (AvgIpc) is 2.78. The van der Waals surface area contributed by atoms with Gasteiger partial charge in [0.25, 0.3) is 5.91 Å². The highest BCUT2D eigenvalue weighted by Crippen LogP contribution is 2.19. The van der Waals surface area contributed by atoms with E-state index in [1.165, 1.54) is 0 Å². The van der Waals surface area contributed by atoms with Crippen molar-refractivity contribution in [3.05, 3.63) is 28.5 Å². The molecule has 112 valence electrons. The molecule has 0 aliphatic rings. The van der Waals surface area contributed by atoms with E-state index in [0.29, 0.717) is 12.7 Å². The number of amides is 1. The van der Waals surface area contributed by atoms with Crippen LogP contribution >= 0.6 is 23.5 Å².